The van der Waals surface area contributed by atoms with Gasteiger partial charge in [0.2, 0.25) is 5.91 Å². The van der Waals surface area contributed by atoms with Crippen molar-refractivity contribution in [2.24, 2.45) is 0 Å². The molecule has 1 amide bonds. The summed E-state index contributed by atoms with van der Waals surface area (Å²) < 4.78 is 7.23. The number of amides is 1. The standard InChI is InChI=1S/C22H21N5O2/c1-14-12-17(6-9-19(14)25-15(2)28)26-21-22-24-13-20(27(22)11-10-23-21)16-4-7-18(29-3)8-5-16/h4-13H,1-3H3,(H,23,26)(H,25,28). The molecule has 0 saturated carbocycles. The Balaban J connectivity index is 1.66. The number of aromatic nitrogens is 3. The van der Waals surface area contributed by atoms with Crippen LogP contribution in [0.2, 0.25) is 0 Å². The van der Waals surface area contributed by atoms with Gasteiger partial charge in [0.15, 0.2) is 11.5 Å². The topological polar surface area (TPSA) is 80.5 Å². The minimum Gasteiger partial charge on any atom is -0.497 e. The van der Waals surface area contributed by atoms with Crippen molar-refractivity contribution >= 4 is 28.7 Å². The highest BCUT2D eigenvalue weighted by molar-refractivity contribution is 5.90. The number of imidazole rings is 1. The fourth-order valence-electron chi connectivity index (χ4n) is 3.19. The largest absolute Gasteiger partial charge is 0.497 e. The molecule has 4 rings (SSSR count). The summed E-state index contributed by atoms with van der Waals surface area (Å²) >= 11 is 0. The molecule has 2 heterocycles. The van der Waals surface area contributed by atoms with E-state index < -0.39 is 0 Å². The van der Waals surface area contributed by atoms with Crippen LogP contribution in [0.15, 0.2) is 61.1 Å². The number of fused-ring (bicyclic) bond motifs is 1. The van der Waals surface area contributed by atoms with Crippen LogP contribution in [0, 0.1) is 6.92 Å². The van der Waals surface area contributed by atoms with Gasteiger partial charge in [-0.1, -0.05) is 0 Å². The van der Waals surface area contributed by atoms with E-state index in [0.717, 1.165) is 39.6 Å². The second kappa shape index (κ2) is 7.63. The van der Waals surface area contributed by atoms with Gasteiger partial charge in [0.05, 0.1) is 19.0 Å². The molecule has 0 bridgehead atoms. The Morgan fingerprint density at radius 2 is 1.90 bits per heavy atom. The van der Waals surface area contributed by atoms with Crippen molar-refractivity contribution in [3.8, 4) is 17.0 Å². The first-order chi connectivity index (χ1) is 14.0. The van der Waals surface area contributed by atoms with E-state index in [-0.39, 0.29) is 5.91 Å². The Labute approximate surface area is 168 Å². The van der Waals surface area contributed by atoms with Crippen LogP contribution in [0.3, 0.4) is 0 Å². The van der Waals surface area contributed by atoms with Gasteiger partial charge in [-0.2, -0.15) is 0 Å². The van der Waals surface area contributed by atoms with Gasteiger partial charge >= 0.3 is 0 Å². The zero-order valence-electron chi connectivity index (χ0n) is 16.4. The maximum absolute atomic E-state index is 11.3. The third-order valence-electron chi connectivity index (χ3n) is 4.61. The number of hydrogen-bond acceptors (Lipinski definition) is 5. The fraction of sp³-hybridized carbons (Fsp3) is 0.136. The lowest BCUT2D eigenvalue weighted by Crippen LogP contribution is -2.07. The molecule has 0 atom stereocenters. The molecule has 146 valence electrons. The van der Waals surface area contributed by atoms with Gasteiger partial charge in [-0.25, -0.2) is 9.97 Å². The van der Waals surface area contributed by atoms with Crippen molar-refractivity contribution < 1.29 is 9.53 Å². The van der Waals surface area contributed by atoms with Crippen LogP contribution in [0.5, 0.6) is 5.75 Å². The lowest BCUT2D eigenvalue weighted by Gasteiger charge is -2.11. The van der Waals surface area contributed by atoms with Crippen LogP contribution in [-0.4, -0.2) is 27.4 Å². The molecule has 7 heteroatoms. The average molecular weight is 387 g/mol. The zero-order valence-corrected chi connectivity index (χ0v) is 16.4. The van der Waals surface area contributed by atoms with Crippen molar-refractivity contribution in [3.05, 3.63) is 66.6 Å². The summed E-state index contributed by atoms with van der Waals surface area (Å²) in [5, 5.41) is 6.14. The van der Waals surface area contributed by atoms with Gasteiger partial charge in [-0.15, -0.1) is 0 Å². The number of benzene rings is 2. The molecule has 2 aromatic heterocycles. The summed E-state index contributed by atoms with van der Waals surface area (Å²) in [7, 11) is 1.65. The molecule has 29 heavy (non-hydrogen) atoms. The number of nitrogens with zero attached hydrogens (tertiary/aromatic N) is 3. The van der Waals surface area contributed by atoms with E-state index in [1.807, 2.05) is 66.2 Å². The first-order valence-electron chi connectivity index (χ1n) is 9.17. The van der Waals surface area contributed by atoms with E-state index >= 15 is 0 Å². The van der Waals surface area contributed by atoms with Gasteiger partial charge < -0.3 is 15.4 Å². The summed E-state index contributed by atoms with van der Waals surface area (Å²) in [5.74, 6) is 1.37. The molecule has 2 aromatic carbocycles. The van der Waals surface area contributed by atoms with E-state index in [1.54, 1.807) is 13.3 Å². The van der Waals surface area contributed by atoms with E-state index in [9.17, 15) is 4.79 Å². The molecular formula is C22H21N5O2. The predicted octanol–water partition coefficient (Wildman–Crippen LogP) is 4.42. The molecule has 0 aliphatic heterocycles. The van der Waals surface area contributed by atoms with E-state index in [4.69, 9.17) is 4.74 Å². The monoisotopic (exact) mass is 387 g/mol. The first-order valence-corrected chi connectivity index (χ1v) is 9.17. The average Bonchev–Trinajstić information content (AvgIpc) is 3.15. The normalized spacial score (nSPS) is 10.7. The zero-order chi connectivity index (χ0) is 20.4. The number of rotatable bonds is 5. The van der Waals surface area contributed by atoms with Crippen LogP contribution in [-0.2, 0) is 4.79 Å². The van der Waals surface area contributed by atoms with Gasteiger partial charge in [0.25, 0.3) is 0 Å². The Bertz CT molecular complexity index is 1180. The molecule has 0 radical (unpaired) electrons. The van der Waals surface area contributed by atoms with Gasteiger partial charge in [-0.05, 0) is 55.0 Å². The number of ether oxygens (including phenoxy) is 1. The minimum atomic E-state index is -0.0938. The minimum absolute atomic E-state index is 0.0938. The lowest BCUT2D eigenvalue weighted by molar-refractivity contribution is -0.114. The number of aryl methyl sites for hydroxylation is 1. The molecule has 0 saturated heterocycles. The predicted molar refractivity (Wildman–Crippen MR) is 114 cm³/mol. The van der Waals surface area contributed by atoms with Crippen molar-refractivity contribution in [1.82, 2.24) is 14.4 Å². The number of anilines is 3. The molecule has 0 spiro atoms. The number of methoxy groups -OCH3 is 1. The van der Waals surface area contributed by atoms with Crippen molar-refractivity contribution in [2.45, 2.75) is 13.8 Å². The molecule has 0 aliphatic rings. The summed E-state index contributed by atoms with van der Waals surface area (Å²) in [6.07, 6.45) is 5.45. The van der Waals surface area contributed by atoms with E-state index in [2.05, 4.69) is 20.6 Å². The third-order valence-corrected chi connectivity index (χ3v) is 4.61. The Kier molecular flexibility index (Phi) is 4.87. The highest BCUT2D eigenvalue weighted by Crippen LogP contribution is 2.27. The van der Waals surface area contributed by atoms with Gasteiger partial charge in [-0.3, -0.25) is 9.20 Å². The number of nitrogens with one attached hydrogen (secondary N) is 2. The maximum atomic E-state index is 11.3. The SMILES string of the molecule is COc1ccc(-c2cnc3c(Nc4ccc(NC(C)=O)c(C)c4)nccn23)cc1. The van der Waals surface area contributed by atoms with Crippen LogP contribution in [0.1, 0.15) is 12.5 Å². The van der Waals surface area contributed by atoms with Crippen molar-refractivity contribution in [3.63, 3.8) is 0 Å². The number of carbonyl (C=O) groups excluding carboxylic acids is 1. The van der Waals surface area contributed by atoms with Crippen LogP contribution in [0.25, 0.3) is 16.9 Å². The molecule has 0 fully saturated rings. The van der Waals surface area contributed by atoms with Crippen LogP contribution in [0.4, 0.5) is 17.2 Å². The molecule has 7 nitrogen and oxygen atoms in total. The van der Waals surface area contributed by atoms with Crippen LogP contribution >= 0.6 is 0 Å². The Morgan fingerprint density at radius 3 is 2.59 bits per heavy atom. The number of carbonyl (C=O) groups is 1. The Hall–Kier alpha value is -3.87. The van der Waals surface area contributed by atoms with Gasteiger partial charge in [0.1, 0.15) is 5.75 Å². The molecule has 0 aliphatic carbocycles. The van der Waals surface area contributed by atoms with Crippen molar-refractivity contribution in [2.75, 3.05) is 17.7 Å². The molecule has 0 unspecified atom stereocenters. The van der Waals surface area contributed by atoms with E-state index in [1.165, 1.54) is 6.92 Å². The molecule has 2 N–H and O–H groups in total. The highest BCUT2D eigenvalue weighted by Gasteiger charge is 2.11. The first kappa shape index (κ1) is 18.5. The van der Waals surface area contributed by atoms with Gasteiger partial charge in [0, 0.05) is 36.3 Å². The Morgan fingerprint density at radius 1 is 1.10 bits per heavy atom. The number of hydrogen-bond donors (Lipinski definition) is 2. The summed E-state index contributed by atoms with van der Waals surface area (Å²) in [6, 6.07) is 13.6. The lowest BCUT2D eigenvalue weighted by atomic mass is 10.1. The molecule has 4 aromatic rings. The third kappa shape index (κ3) is 3.75. The molecular weight excluding hydrogens is 366 g/mol. The van der Waals surface area contributed by atoms with Crippen molar-refractivity contribution in [1.29, 1.82) is 0 Å². The summed E-state index contributed by atoms with van der Waals surface area (Å²) in [6.45, 7) is 3.44. The highest BCUT2D eigenvalue weighted by atomic mass is 16.5. The fourth-order valence-corrected chi connectivity index (χ4v) is 3.19. The summed E-state index contributed by atoms with van der Waals surface area (Å²) in [4.78, 5) is 20.3. The second-order valence-corrected chi connectivity index (χ2v) is 6.68. The smallest absolute Gasteiger partial charge is 0.221 e. The quantitative estimate of drug-likeness (QED) is 0.530. The van der Waals surface area contributed by atoms with E-state index in [0.29, 0.717) is 5.82 Å². The second-order valence-electron chi connectivity index (χ2n) is 6.68. The van der Waals surface area contributed by atoms with Crippen LogP contribution < -0.4 is 15.4 Å². The maximum Gasteiger partial charge on any atom is 0.221 e. The summed E-state index contributed by atoms with van der Waals surface area (Å²) in [5.41, 5.74) is 5.33.